The van der Waals surface area contributed by atoms with E-state index >= 15 is 0 Å². The van der Waals surface area contributed by atoms with Crippen molar-refractivity contribution in [2.45, 2.75) is 25.7 Å². The maximum Gasteiger partial charge on any atom is 0.243 e. The number of carbonyl (C=O) groups excluding carboxylic acids is 2. The minimum atomic E-state index is -3.70. The van der Waals surface area contributed by atoms with Crippen molar-refractivity contribution in [1.82, 2.24) is 13.8 Å². The summed E-state index contributed by atoms with van der Waals surface area (Å²) in [7, 11) is -3.70. The standard InChI is InChI=1S/C26H29N3O4S/c1-19-16-25(20(2)29(19)23-9-5-4-6-10-23)26(31)18-27-12-14-28(15-13-27)34(32,33)24-11-7-8-22(17-24)21(3)30/h4-11,16-17H,12-15,18H2,1-3H3. The summed E-state index contributed by atoms with van der Waals surface area (Å²) in [6, 6.07) is 18.0. The van der Waals surface area contributed by atoms with Crippen LogP contribution < -0.4 is 0 Å². The monoisotopic (exact) mass is 479 g/mol. The number of Topliss-reactive ketones (excluding diaryl/α,β-unsaturated/α-hetero) is 2. The second-order valence-electron chi connectivity index (χ2n) is 8.64. The predicted molar refractivity (Wildman–Crippen MR) is 131 cm³/mol. The Morgan fingerprint density at radius 2 is 1.56 bits per heavy atom. The molecule has 34 heavy (non-hydrogen) atoms. The summed E-state index contributed by atoms with van der Waals surface area (Å²) in [5.74, 6) is -0.146. The molecule has 1 fully saturated rings. The van der Waals surface area contributed by atoms with Crippen LogP contribution in [0.3, 0.4) is 0 Å². The van der Waals surface area contributed by atoms with Crippen molar-refractivity contribution in [3.63, 3.8) is 0 Å². The molecule has 0 spiro atoms. The van der Waals surface area contributed by atoms with Gasteiger partial charge in [0.15, 0.2) is 11.6 Å². The molecule has 0 unspecified atom stereocenters. The number of aromatic nitrogens is 1. The fourth-order valence-electron chi connectivity index (χ4n) is 4.46. The molecule has 2 heterocycles. The van der Waals surface area contributed by atoms with Crippen molar-refractivity contribution in [2.24, 2.45) is 0 Å². The van der Waals surface area contributed by atoms with Crippen LogP contribution in [0.4, 0.5) is 0 Å². The Morgan fingerprint density at radius 1 is 0.882 bits per heavy atom. The number of hydrogen-bond donors (Lipinski definition) is 0. The van der Waals surface area contributed by atoms with Crippen LogP contribution in [0.25, 0.3) is 5.69 Å². The van der Waals surface area contributed by atoms with Gasteiger partial charge in [-0.05, 0) is 51.1 Å². The first kappa shape index (κ1) is 24.1. The average molecular weight is 480 g/mol. The molecule has 0 aliphatic carbocycles. The summed E-state index contributed by atoms with van der Waals surface area (Å²) in [6.45, 7) is 7.12. The molecule has 0 radical (unpaired) electrons. The van der Waals surface area contributed by atoms with E-state index in [9.17, 15) is 18.0 Å². The topological polar surface area (TPSA) is 79.7 Å². The number of benzene rings is 2. The van der Waals surface area contributed by atoms with Crippen LogP contribution in [0.2, 0.25) is 0 Å². The largest absolute Gasteiger partial charge is 0.318 e. The Hall–Kier alpha value is -3.07. The molecule has 3 aromatic rings. The molecule has 2 aromatic carbocycles. The van der Waals surface area contributed by atoms with E-state index in [1.165, 1.54) is 23.4 Å². The second-order valence-corrected chi connectivity index (χ2v) is 10.6. The molecular formula is C26H29N3O4S. The third-order valence-corrected chi connectivity index (χ3v) is 8.22. The fourth-order valence-corrected chi connectivity index (χ4v) is 5.93. The van der Waals surface area contributed by atoms with Crippen LogP contribution >= 0.6 is 0 Å². The number of rotatable bonds is 7. The van der Waals surface area contributed by atoms with Crippen molar-refractivity contribution in [1.29, 1.82) is 0 Å². The predicted octanol–water partition coefficient (Wildman–Crippen LogP) is 3.49. The van der Waals surface area contributed by atoms with E-state index < -0.39 is 10.0 Å². The highest BCUT2D eigenvalue weighted by atomic mass is 32.2. The zero-order chi connectivity index (χ0) is 24.5. The molecule has 4 rings (SSSR count). The molecule has 1 aliphatic heterocycles. The van der Waals surface area contributed by atoms with Gasteiger partial charge in [-0.15, -0.1) is 0 Å². The van der Waals surface area contributed by atoms with Gasteiger partial charge in [-0.1, -0.05) is 30.3 Å². The number of sulfonamides is 1. The van der Waals surface area contributed by atoms with Gasteiger partial charge in [-0.3, -0.25) is 14.5 Å². The lowest BCUT2D eigenvalue weighted by Gasteiger charge is -2.33. The molecule has 178 valence electrons. The molecular weight excluding hydrogens is 450 g/mol. The quantitative estimate of drug-likeness (QED) is 0.485. The molecule has 0 saturated carbocycles. The molecule has 1 aromatic heterocycles. The first-order chi connectivity index (χ1) is 16.2. The van der Waals surface area contributed by atoms with Crippen molar-refractivity contribution < 1.29 is 18.0 Å². The fraction of sp³-hybridized carbons (Fsp3) is 0.308. The number of carbonyl (C=O) groups is 2. The Balaban J connectivity index is 1.42. The van der Waals surface area contributed by atoms with Crippen LogP contribution in [0, 0.1) is 13.8 Å². The smallest absolute Gasteiger partial charge is 0.243 e. The zero-order valence-corrected chi connectivity index (χ0v) is 20.5. The van der Waals surface area contributed by atoms with E-state index in [1.807, 2.05) is 55.1 Å². The van der Waals surface area contributed by atoms with Gasteiger partial charge in [0.2, 0.25) is 10.0 Å². The van der Waals surface area contributed by atoms with Gasteiger partial charge in [-0.25, -0.2) is 8.42 Å². The molecule has 1 saturated heterocycles. The minimum absolute atomic E-state index is 0.0285. The normalized spacial score (nSPS) is 15.4. The van der Waals surface area contributed by atoms with Crippen molar-refractivity contribution in [3.8, 4) is 5.69 Å². The van der Waals surface area contributed by atoms with E-state index in [0.717, 1.165) is 17.1 Å². The van der Waals surface area contributed by atoms with Crippen molar-refractivity contribution >= 4 is 21.6 Å². The van der Waals surface area contributed by atoms with Gasteiger partial charge in [0.25, 0.3) is 0 Å². The molecule has 1 aliphatic rings. The second kappa shape index (κ2) is 9.66. The first-order valence-electron chi connectivity index (χ1n) is 11.3. The summed E-state index contributed by atoms with van der Waals surface area (Å²) >= 11 is 0. The number of piperazine rings is 1. The van der Waals surface area contributed by atoms with E-state index in [0.29, 0.717) is 37.3 Å². The summed E-state index contributed by atoms with van der Waals surface area (Å²) in [6.07, 6.45) is 0. The Morgan fingerprint density at radius 3 is 2.21 bits per heavy atom. The van der Waals surface area contributed by atoms with Gasteiger partial charge in [0.05, 0.1) is 11.4 Å². The molecule has 0 bridgehead atoms. The highest BCUT2D eigenvalue weighted by Gasteiger charge is 2.30. The SMILES string of the molecule is CC(=O)c1cccc(S(=O)(=O)N2CCN(CC(=O)c3cc(C)n(-c4ccccc4)c3C)CC2)c1. The number of nitrogens with zero attached hydrogens (tertiary/aromatic N) is 3. The summed E-state index contributed by atoms with van der Waals surface area (Å²) < 4.78 is 29.6. The Bertz CT molecular complexity index is 1320. The Kier molecular flexibility index (Phi) is 6.84. The van der Waals surface area contributed by atoms with Gasteiger partial charge in [0, 0.05) is 54.4 Å². The number of para-hydroxylation sites is 1. The molecule has 0 amide bonds. The van der Waals surface area contributed by atoms with Gasteiger partial charge >= 0.3 is 0 Å². The lowest BCUT2D eigenvalue weighted by Crippen LogP contribution is -2.49. The third kappa shape index (κ3) is 4.75. The van der Waals surface area contributed by atoms with Crippen LogP contribution in [-0.2, 0) is 10.0 Å². The van der Waals surface area contributed by atoms with Gasteiger partial charge in [0.1, 0.15) is 0 Å². The van der Waals surface area contributed by atoms with E-state index in [2.05, 4.69) is 4.57 Å². The van der Waals surface area contributed by atoms with Crippen LogP contribution in [0.15, 0.2) is 65.6 Å². The lowest BCUT2D eigenvalue weighted by atomic mass is 10.1. The molecule has 0 atom stereocenters. The van der Waals surface area contributed by atoms with Crippen LogP contribution in [0.1, 0.15) is 39.0 Å². The van der Waals surface area contributed by atoms with Crippen LogP contribution in [0.5, 0.6) is 0 Å². The van der Waals surface area contributed by atoms with Crippen molar-refractivity contribution in [3.05, 3.63) is 83.2 Å². The van der Waals surface area contributed by atoms with Crippen LogP contribution in [-0.4, -0.2) is 66.5 Å². The highest BCUT2D eigenvalue weighted by molar-refractivity contribution is 7.89. The molecule has 0 N–H and O–H groups in total. The lowest BCUT2D eigenvalue weighted by molar-refractivity contribution is 0.0900. The first-order valence-corrected chi connectivity index (χ1v) is 12.7. The van der Waals surface area contributed by atoms with E-state index in [4.69, 9.17) is 0 Å². The molecule has 8 heteroatoms. The third-order valence-electron chi connectivity index (χ3n) is 6.32. The van der Waals surface area contributed by atoms with E-state index in [-0.39, 0.29) is 23.0 Å². The highest BCUT2D eigenvalue weighted by Crippen LogP contribution is 2.23. The zero-order valence-electron chi connectivity index (χ0n) is 19.7. The summed E-state index contributed by atoms with van der Waals surface area (Å²) in [4.78, 5) is 26.9. The summed E-state index contributed by atoms with van der Waals surface area (Å²) in [5.41, 5.74) is 3.98. The molecule has 7 nitrogen and oxygen atoms in total. The minimum Gasteiger partial charge on any atom is -0.318 e. The van der Waals surface area contributed by atoms with Gasteiger partial charge < -0.3 is 4.57 Å². The van der Waals surface area contributed by atoms with Crippen molar-refractivity contribution in [2.75, 3.05) is 32.7 Å². The maximum atomic E-state index is 13.1. The summed E-state index contributed by atoms with van der Waals surface area (Å²) in [5, 5.41) is 0. The number of hydrogen-bond acceptors (Lipinski definition) is 5. The average Bonchev–Trinajstić information content (AvgIpc) is 3.14. The van der Waals surface area contributed by atoms with E-state index in [1.54, 1.807) is 12.1 Å². The van der Waals surface area contributed by atoms with Gasteiger partial charge in [-0.2, -0.15) is 4.31 Å². The maximum absolute atomic E-state index is 13.1. The Labute approximate surface area is 200 Å². The number of aryl methyl sites for hydroxylation is 1. The number of ketones is 2.